The molecule has 1 rings (SSSR count). The molecule has 0 bridgehead atoms. The first-order chi connectivity index (χ1) is 9.65. The lowest BCUT2D eigenvalue weighted by Crippen LogP contribution is -2.46. The average molecular weight is 284 g/mol. The third-order valence-corrected chi connectivity index (χ3v) is 3.15. The van der Waals surface area contributed by atoms with Crippen molar-refractivity contribution in [1.29, 1.82) is 0 Å². The number of esters is 2. The molecular formula is C12H20N4O4. The number of hydrogen-bond acceptors (Lipinski definition) is 6. The molecule has 2 atom stereocenters. The van der Waals surface area contributed by atoms with Gasteiger partial charge in [-0.15, -0.1) is 0 Å². The Bertz CT molecular complexity index is 369. The fraction of sp³-hybridized carbons (Fsp3) is 0.833. The highest BCUT2D eigenvalue weighted by molar-refractivity contribution is 5.81. The molecule has 1 fully saturated rings. The van der Waals surface area contributed by atoms with E-state index in [0.717, 1.165) is 0 Å². The Morgan fingerprint density at radius 2 is 1.70 bits per heavy atom. The quantitative estimate of drug-likeness (QED) is 0.303. The molecule has 0 radical (unpaired) electrons. The average Bonchev–Trinajstić information content (AvgIpc) is 2.83. The summed E-state index contributed by atoms with van der Waals surface area (Å²) in [6, 6.07) is -0.948. The molecule has 0 spiro atoms. The zero-order valence-corrected chi connectivity index (χ0v) is 11.8. The van der Waals surface area contributed by atoms with E-state index in [-0.39, 0.29) is 18.5 Å². The number of nitrogens with zero attached hydrogens (tertiary/aromatic N) is 4. The van der Waals surface area contributed by atoms with Crippen molar-refractivity contribution in [2.75, 3.05) is 26.3 Å². The first-order valence-electron chi connectivity index (χ1n) is 6.75. The van der Waals surface area contributed by atoms with Gasteiger partial charge in [0.15, 0.2) is 0 Å². The predicted molar refractivity (Wildman–Crippen MR) is 70.8 cm³/mol. The van der Waals surface area contributed by atoms with E-state index < -0.39 is 12.1 Å². The van der Waals surface area contributed by atoms with Gasteiger partial charge in [0, 0.05) is 18.0 Å². The largest absolute Gasteiger partial charge is 0.465 e. The number of ether oxygens (including phenoxy) is 2. The summed E-state index contributed by atoms with van der Waals surface area (Å²) in [4.78, 5) is 28.2. The van der Waals surface area contributed by atoms with Gasteiger partial charge in [0.25, 0.3) is 0 Å². The molecular weight excluding hydrogens is 264 g/mol. The van der Waals surface area contributed by atoms with Gasteiger partial charge in [-0.05, 0) is 32.2 Å². The molecule has 1 saturated heterocycles. The van der Waals surface area contributed by atoms with E-state index in [0.29, 0.717) is 32.6 Å². The summed E-state index contributed by atoms with van der Waals surface area (Å²) in [7, 11) is 0. The molecule has 1 heterocycles. The van der Waals surface area contributed by atoms with Gasteiger partial charge in [0.1, 0.15) is 12.1 Å². The molecule has 0 aromatic rings. The fourth-order valence-electron chi connectivity index (χ4n) is 2.36. The number of likely N-dealkylation sites (tertiary alicyclic amines) is 1. The van der Waals surface area contributed by atoms with Crippen LogP contribution in [0.1, 0.15) is 26.7 Å². The Balaban J connectivity index is 2.77. The van der Waals surface area contributed by atoms with Crippen LogP contribution < -0.4 is 0 Å². The van der Waals surface area contributed by atoms with Gasteiger partial charge in [-0.2, -0.15) is 0 Å². The van der Waals surface area contributed by atoms with Gasteiger partial charge in [-0.1, -0.05) is 5.11 Å². The molecule has 8 nitrogen and oxygen atoms in total. The highest BCUT2D eigenvalue weighted by Gasteiger charge is 2.42. The molecule has 1 aliphatic rings. The fourth-order valence-corrected chi connectivity index (χ4v) is 2.36. The number of hydrogen-bond donors (Lipinski definition) is 0. The third kappa shape index (κ3) is 4.11. The molecule has 0 amide bonds. The smallest absolute Gasteiger partial charge is 0.323 e. The zero-order chi connectivity index (χ0) is 15.0. The van der Waals surface area contributed by atoms with Crippen LogP contribution in [0, 0.1) is 0 Å². The van der Waals surface area contributed by atoms with Gasteiger partial charge in [-0.3, -0.25) is 14.5 Å². The van der Waals surface area contributed by atoms with Crippen molar-refractivity contribution in [2.45, 2.75) is 38.8 Å². The van der Waals surface area contributed by atoms with Gasteiger partial charge in [0.05, 0.1) is 13.2 Å². The molecule has 0 aromatic heterocycles. The lowest BCUT2D eigenvalue weighted by molar-refractivity contribution is -0.153. The van der Waals surface area contributed by atoms with Crippen molar-refractivity contribution in [2.24, 2.45) is 5.11 Å². The highest BCUT2D eigenvalue weighted by atomic mass is 16.5. The van der Waals surface area contributed by atoms with E-state index in [2.05, 4.69) is 10.0 Å². The predicted octanol–water partition coefficient (Wildman–Crippen LogP) is 1.26. The van der Waals surface area contributed by atoms with Crippen molar-refractivity contribution in [3.8, 4) is 0 Å². The Labute approximate surface area is 117 Å². The monoisotopic (exact) mass is 284 g/mol. The van der Waals surface area contributed by atoms with Crippen LogP contribution in [0.3, 0.4) is 0 Å². The molecule has 0 unspecified atom stereocenters. The molecule has 0 aromatic carbocycles. The lowest BCUT2D eigenvalue weighted by Gasteiger charge is -2.26. The van der Waals surface area contributed by atoms with Gasteiger partial charge < -0.3 is 9.47 Å². The van der Waals surface area contributed by atoms with Crippen molar-refractivity contribution in [3.63, 3.8) is 0 Å². The maximum Gasteiger partial charge on any atom is 0.323 e. The first-order valence-corrected chi connectivity index (χ1v) is 6.75. The normalized spacial score (nSPS) is 22.1. The lowest BCUT2D eigenvalue weighted by atomic mass is 10.2. The van der Waals surface area contributed by atoms with Crippen LogP contribution in [0.4, 0.5) is 0 Å². The zero-order valence-electron chi connectivity index (χ0n) is 11.8. The van der Waals surface area contributed by atoms with E-state index in [1.165, 1.54) is 0 Å². The Hall–Kier alpha value is -1.79. The number of azide groups is 1. The van der Waals surface area contributed by atoms with Crippen molar-refractivity contribution in [3.05, 3.63) is 10.4 Å². The van der Waals surface area contributed by atoms with Crippen molar-refractivity contribution in [1.82, 2.24) is 4.90 Å². The standard InChI is InChI=1S/C12H20N4O4/c1-3-19-11(17)9-5-6-10(12(18)20-4-2)16(9)8-7-14-15-13/h9-10H,3-8H2,1-2H3/t9-,10-/m1/s1. The number of carbonyl (C=O) groups is 2. The highest BCUT2D eigenvalue weighted by Crippen LogP contribution is 2.26. The van der Waals surface area contributed by atoms with Crippen molar-refractivity contribution >= 4 is 11.9 Å². The minimum atomic E-state index is -0.474. The topological polar surface area (TPSA) is 105 Å². The summed E-state index contributed by atoms with van der Waals surface area (Å²) in [6.07, 6.45) is 1.08. The molecule has 0 aliphatic carbocycles. The Morgan fingerprint density at radius 1 is 1.20 bits per heavy atom. The summed E-state index contributed by atoms with van der Waals surface area (Å²) in [5, 5.41) is 3.45. The molecule has 20 heavy (non-hydrogen) atoms. The van der Waals surface area contributed by atoms with Gasteiger partial charge >= 0.3 is 11.9 Å². The molecule has 0 saturated carbocycles. The van der Waals surface area contributed by atoms with Crippen LogP contribution in [0.25, 0.3) is 10.4 Å². The van der Waals surface area contributed by atoms with Crippen LogP contribution in [0.15, 0.2) is 5.11 Å². The van der Waals surface area contributed by atoms with Crippen LogP contribution in [-0.2, 0) is 19.1 Å². The SMILES string of the molecule is CCOC(=O)[C@H]1CC[C@H](C(=O)OCC)N1CCN=[N+]=[N-]. The van der Waals surface area contributed by atoms with E-state index in [1.807, 2.05) is 0 Å². The summed E-state index contributed by atoms with van der Waals surface area (Å²) in [6.45, 7) is 4.59. The maximum absolute atomic E-state index is 11.9. The Kier molecular flexibility index (Phi) is 6.83. The summed E-state index contributed by atoms with van der Waals surface area (Å²) >= 11 is 0. The minimum Gasteiger partial charge on any atom is -0.465 e. The van der Waals surface area contributed by atoms with E-state index >= 15 is 0 Å². The molecule has 1 aliphatic heterocycles. The second-order valence-electron chi connectivity index (χ2n) is 4.31. The molecule has 8 heteroatoms. The van der Waals surface area contributed by atoms with E-state index in [4.69, 9.17) is 15.0 Å². The van der Waals surface area contributed by atoms with E-state index in [9.17, 15) is 9.59 Å². The summed E-state index contributed by atoms with van der Waals surface area (Å²) in [5.74, 6) is -0.694. The molecule has 0 N–H and O–H groups in total. The van der Waals surface area contributed by atoms with Crippen LogP contribution >= 0.6 is 0 Å². The summed E-state index contributed by atoms with van der Waals surface area (Å²) < 4.78 is 10.0. The van der Waals surface area contributed by atoms with Crippen LogP contribution in [-0.4, -0.2) is 55.2 Å². The van der Waals surface area contributed by atoms with Gasteiger partial charge in [0.2, 0.25) is 0 Å². The van der Waals surface area contributed by atoms with Crippen LogP contribution in [0.2, 0.25) is 0 Å². The number of carbonyl (C=O) groups excluding carboxylic acids is 2. The Morgan fingerprint density at radius 3 is 2.10 bits per heavy atom. The second kappa shape index (κ2) is 8.39. The van der Waals surface area contributed by atoms with Crippen molar-refractivity contribution < 1.29 is 19.1 Å². The second-order valence-corrected chi connectivity index (χ2v) is 4.31. The number of rotatable bonds is 7. The minimum absolute atomic E-state index is 0.197. The first kappa shape index (κ1) is 16.3. The maximum atomic E-state index is 11.9. The summed E-state index contributed by atoms with van der Waals surface area (Å²) in [5.41, 5.74) is 8.32. The van der Waals surface area contributed by atoms with Crippen LogP contribution in [0.5, 0.6) is 0 Å². The van der Waals surface area contributed by atoms with Gasteiger partial charge in [-0.25, -0.2) is 0 Å². The van der Waals surface area contributed by atoms with E-state index in [1.54, 1.807) is 18.7 Å². The third-order valence-electron chi connectivity index (χ3n) is 3.15. The molecule has 112 valence electrons.